The zero-order chi connectivity index (χ0) is 10.5. The van der Waals surface area contributed by atoms with E-state index in [0.29, 0.717) is 0 Å². The standard InChI is InChI=1S/C13H19NS/c1-14-9-7-13(11-14)15-10-8-12-5-3-2-4-6-12/h2-6,13H,7-11H2,1H3. The SMILES string of the molecule is CN1CCC(SCCc2ccccc2)C1. The fourth-order valence-electron chi connectivity index (χ4n) is 2.02. The van der Waals surface area contributed by atoms with Gasteiger partial charge in [0.2, 0.25) is 0 Å². The fourth-order valence-corrected chi connectivity index (χ4v) is 3.34. The minimum atomic E-state index is 0.874. The highest BCUT2D eigenvalue weighted by Crippen LogP contribution is 2.22. The van der Waals surface area contributed by atoms with Crippen molar-refractivity contribution in [2.75, 3.05) is 25.9 Å². The van der Waals surface area contributed by atoms with Crippen LogP contribution in [0.15, 0.2) is 30.3 Å². The Balaban J connectivity index is 1.67. The fraction of sp³-hybridized carbons (Fsp3) is 0.538. The van der Waals surface area contributed by atoms with E-state index in [1.807, 2.05) is 0 Å². The molecule has 82 valence electrons. The highest BCUT2D eigenvalue weighted by Gasteiger charge is 2.18. The van der Waals surface area contributed by atoms with Gasteiger partial charge in [-0.2, -0.15) is 11.8 Å². The highest BCUT2D eigenvalue weighted by molar-refractivity contribution is 7.99. The molecular weight excluding hydrogens is 202 g/mol. The molecule has 0 saturated carbocycles. The van der Waals surface area contributed by atoms with Crippen molar-refractivity contribution in [3.8, 4) is 0 Å². The Bertz CT molecular complexity index is 286. The van der Waals surface area contributed by atoms with E-state index in [-0.39, 0.29) is 0 Å². The number of benzene rings is 1. The number of thioether (sulfide) groups is 1. The number of hydrogen-bond acceptors (Lipinski definition) is 2. The molecule has 1 aromatic rings. The summed E-state index contributed by atoms with van der Waals surface area (Å²) in [5.41, 5.74) is 1.47. The molecule has 1 atom stereocenters. The second-order valence-corrected chi connectivity index (χ2v) is 5.69. The van der Waals surface area contributed by atoms with Gasteiger partial charge in [-0.25, -0.2) is 0 Å². The van der Waals surface area contributed by atoms with Crippen LogP contribution in [0.3, 0.4) is 0 Å². The van der Waals surface area contributed by atoms with E-state index < -0.39 is 0 Å². The number of likely N-dealkylation sites (tertiary alicyclic amines) is 1. The molecule has 0 aromatic heterocycles. The van der Waals surface area contributed by atoms with Gasteiger partial charge >= 0.3 is 0 Å². The largest absolute Gasteiger partial charge is 0.305 e. The van der Waals surface area contributed by atoms with Crippen molar-refractivity contribution in [1.82, 2.24) is 4.90 Å². The summed E-state index contributed by atoms with van der Waals surface area (Å²) in [4.78, 5) is 2.43. The van der Waals surface area contributed by atoms with Gasteiger partial charge in [0.15, 0.2) is 0 Å². The lowest BCUT2D eigenvalue weighted by atomic mass is 10.2. The number of nitrogens with zero attached hydrogens (tertiary/aromatic N) is 1. The number of hydrogen-bond donors (Lipinski definition) is 0. The van der Waals surface area contributed by atoms with Gasteiger partial charge in [0.05, 0.1) is 0 Å². The zero-order valence-corrected chi connectivity index (χ0v) is 10.2. The monoisotopic (exact) mass is 221 g/mol. The number of aryl methyl sites for hydroxylation is 1. The lowest BCUT2D eigenvalue weighted by Crippen LogP contribution is -2.15. The van der Waals surface area contributed by atoms with Gasteiger partial charge in [0.25, 0.3) is 0 Å². The van der Waals surface area contributed by atoms with Crippen LogP contribution in [0.1, 0.15) is 12.0 Å². The van der Waals surface area contributed by atoms with E-state index >= 15 is 0 Å². The van der Waals surface area contributed by atoms with Crippen molar-refractivity contribution in [1.29, 1.82) is 0 Å². The molecule has 1 heterocycles. The Morgan fingerprint density at radius 2 is 2.13 bits per heavy atom. The predicted molar refractivity (Wildman–Crippen MR) is 68.5 cm³/mol. The quantitative estimate of drug-likeness (QED) is 0.769. The first-order valence-electron chi connectivity index (χ1n) is 5.68. The predicted octanol–water partition coefficient (Wildman–Crippen LogP) is 2.67. The average Bonchev–Trinajstić information content (AvgIpc) is 2.66. The van der Waals surface area contributed by atoms with Crippen molar-refractivity contribution in [3.63, 3.8) is 0 Å². The normalized spacial score (nSPS) is 22.1. The molecule has 15 heavy (non-hydrogen) atoms. The van der Waals surface area contributed by atoms with Crippen LogP contribution >= 0.6 is 11.8 Å². The van der Waals surface area contributed by atoms with Crippen LogP contribution in [0.25, 0.3) is 0 Å². The van der Waals surface area contributed by atoms with Crippen molar-refractivity contribution in [3.05, 3.63) is 35.9 Å². The molecular formula is C13H19NS. The van der Waals surface area contributed by atoms with Gasteiger partial charge in [-0.1, -0.05) is 30.3 Å². The van der Waals surface area contributed by atoms with Crippen molar-refractivity contribution >= 4 is 11.8 Å². The first-order chi connectivity index (χ1) is 7.34. The first-order valence-corrected chi connectivity index (χ1v) is 6.73. The molecule has 0 N–H and O–H groups in total. The number of rotatable bonds is 4. The Hall–Kier alpha value is -0.470. The summed E-state index contributed by atoms with van der Waals surface area (Å²) in [7, 11) is 2.22. The molecule has 0 spiro atoms. The minimum Gasteiger partial charge on any atom is -0.305 e. The molecule has 1 aromatic carbocycles. The van der Waals surface area contributed by atoms with Crippen LogP contribution in [-0.2, 0) is 6.42 Å². The van der Waals surface area contributed by atoms with Crippen molar-refractivity contribution in [2.24, 2.45) is 0 Å². The van der Waals surface area contributed by atoms with Crippen LogP contribution in [0, 0.1) is 0 Å². The summed E-state index contributed by atoms with van der Waals surface area (Å²) in [5, 5.41) is 0.874. The van der Waals surface area contributed by atoms with Gasteiger partial charge in [-0.15, -0.1) is 0 Å². The van der Waals surface area contributed by atoms with Crippen LogP contribution in [0.4, 0.5) is 0 Å². The molecule has 0 radical (unpaired) electrons. The Kier molecular flexibility index (Phi) is 4.09. The molecule has 1 nitrogen and oxygen atoms in total. The lowest BCUT2D eigenvalue weighted by molar-refractivity contribution is 0.419. The highest BCUT2D eigenvalue weighted by atomic mass is 32.2. The summed E-state index contributed by atoms with van der Waals surface area (Å²) in [6.45, 7) is 2.56. The Morgan fingerprint density at radius 1 is 1.33 bits per heavy atom. The molecule has 2 heteroatoms. The second-order valence-electron chi connectivity index (χ2n) is 4.28. The van der Waals surface area contributed by atoms with Crippen LogP contribution in [0.2, 0.25) is 0 Å². The van der Waals surface area contributed by atoms with Crippen LogP contribution < -0.4 is 0 Å². The third kappa shape index (κ3) is 3.54. The van der Waals surface area contributed by atoms with Gasteiger partial charge in [0.1, 0.15) is 0 Å². The Morgan fingerprint density at radius 3 is 2.80 bits per heavy atom. The van der Waals surface area contributed by atoms with Gasteiger partial charge in [-0.05, 0) is 37.8 Å². The average molecular weight is 221 g/mol. The molecule has 2 rings (SSSR count). The van der Waals surface area contributed by atoms with Gasteiger partial charge in [-0.3, -0.25) is 0 Å². The topological polar surface area (TPSA) is 3.24 Å². The van der Waals surface area contributed by atoms with Gasteiger partial charge in [0, 0.05) is 11.8 Å². The molecule has 1 saturated heterocycles. The Labute approximate surface area is 96.9 Å². The zero-order valence-electron chi connectivity index (χ0n) is 9.36. The van der Waals surface area contributed by atoms with Gasteiger partial charge < -0.3 is 4.90 Å². The van der Waals surface area contributed by atoms with E-state index in [2.05, 4.69) is 54.0 Å². The molecule has 0 bridgehead atoms. The maximum Gasteiger partial charge on any atom is 0.0187 e. The maximum absolute atomic E-state index is 2.43. The summed E-state index contributed by atoms with van der Waals surface area (Å²) < 4.78 is 0. The molecule has 1 aliphatic heterocycles. The molecule has 0 amide bonds. The van der Waals surface area contributed by atoms with Crippen molar-refractivity contribution < 1.29 is 0 Å². The van der Waals surface area contributed by atoms with E-state index in [1.54, 1.807) is 0 Å². The third-order valence-corrected chi connectivity index (χ3v) is 4.23. The summed E-state index contributed by atoms with van der Waals surface area (Å²) in [6.07, 6.45) is 2.58. The summed E-state index contributed by atoms with van der Waals surface area (Å²) in [5.74, 6) is 1.27. The summed E-state index contributed by atoms with van der Waals surface area (Å²) in [6, 6.07) is 10.8. The van der Waals surface area contributed by atoms with Crippen LogP contribution in [-0.4, -0.2) is 36.0 Å². The molecule has 1 fully saturated rings. The van der Waals surface area contributed by atoms with E-state index in [4.69, 9.17) is 0 Å². The van der Waals surface area contributed by atoms with Crippen LogP contribution in [0.5, 0.6) is 0 Å². The molecule has 1 aliphatic rings. The van der Waals surface area contributed by atoms with Crippen molar-refractivity contribution in [2.45, 2.75) is 18.1 Å². The molecule has 0 aliphatic carbocycles. The lowest BCUT2D eigenvalue weighted by Gasteiger charge is -2.09. The van der Waals surface area contributed by atoms with E-state index in [9.17, 15) is 0 Å². The summed E-state index contributed by atoms with van der Waals surface area (Å²) >= 11 is 2.14. The van der Waals surface area contributed by atoms with E-state index in [1.165, 1.54) is 37.2 Å². The second kappa shape index (κ2) is 5.57. The van der Waals surface area contributed by atoms with E-state index in [0.717, 1.165) is 5.25 Å². The molecule has 1 unspecified atom stereocenters. The minimum absolute atomic E-state index is 0.874. The maximum atomic E-state index is 2.43. The third-order valence-electron chi connectivity index (χ3n) is 2.94. The first kappa shape index (κ1) is 11.0. The smallest absolute Gasteiger partial charge is 0.0187 e.